The van der Waals surface area contributed by atoms with Crippen LogP contribution in [0.25, 0.3) is 0 Å². The minimum atomic E-state index is 0.245. The molecule has 5 heteroatoms. The SMILES string of the molecule is CN(CC1CNCCO1)c1ccc2c(c1)OCO2. The molecule has 2 aliphatic heterocycles. The molecule has 5 nitrogen and oxygen atoms in total. The van der Waals surface area contributed by atoms with Crippen molar-refractivity contribution in [2.75, 3.05) is 45.0 Å². The van der Waals surface area contributed by atoms with Crippen LogP contribution in [-0.2, 0) is 4.74 Å². The number of nitrogens with one attached hydrogen (secondary N) is 1. The molecule has 1 saturated heterocycles. The second-order valence-corrected chi connectivity index (χ2v) is 4.62. The van der Waals surface area contributed by atoms with E-state index < -0.39 is 0 Å². The van der Waals surface area contributed by atoms with Crippen LogP contribution in [0.15, 0.2) is 18.2 Å². The Labute approximate surface area is 107 Å². The van der Waals surface area contributed by atoms with Crippen molar-refractivity contribution in [2.45, 2.75) is 6.10 Å². The number of hydrogen-bond acceptors (Lipinski definition) is 5. The molecule has 1 fully saturated rings. The molecule has 0 amide bonds. The second-order valence-electron chi connectivity index (χ2n) is 4.62. The van der Waals surface area contributed by atoms with Gasteiger partial charge in [0.1, 0.15) is 0 Å². The Kier molecular flexibility index (Phi) is 3.25. The molecule has 18 heavy (non-hydrogen) atoms. The van der Waals surface area contributed by atoms with E-state index in [4.69, 9.17) is 14.2 Å². The number of rotatable bonds is 3. The molecule has 1 aromatic carbocycles. The highest BCUT2D eigenvalue weighted by atomic mass is 16.7. The Morgan fingerprint density at radius 2 is 2.22 bits per heavy atom. The number of ether oxygens (including phenoxy) is 3. The summed E-state index contributed by atoms with van der Waals surface area (Å²) in [7, 11) is 2.06. The molecule has 0 spiro atoms. The van der Waals surface area contributed by atoms with E-state index in [9.17, 15) is 0 Å². The second kappa shape index (κ2) is 5.04. The molecule has 0 bridgehead atoms. The molecule has 1 unspecified atom stereocenters. The van der Waals surface area contributed by atoms with Crippen molar-refractivity contribution in [3.05, 3.63) is 18.2 Å². The van der Waals surface area contributed by atoms with Crippen LogP contribution < -0.4 is 19.7 Å². The Balaban J connectivity index is 1.66. The fraction of sp³-hybridized carbons (Fsp3) is 0.538. The van der Waals surface area contributed by atoms with Crippen LogP contribution in [0.4, 0.5) is 5.69 Å². The summed E-state index contributed by atoms with van der Waals surface area (Å²) in [5, 5.41) is 3.34. The van der Waals surface area contributed by atoms with Crippen molar-refractivity contribution in [1.29, 1.82) is 0 Å². The molecular weight excluding hydrogens is 232 g/mol. The smallest absolute Gasteiger partial charge is 0.231 e. The molecule has 0 saturated carbocycles. The lowest BCUT2D eigenvalue weighted by molar-refractivity contribution is 0.0340. The van der Waals surface area contributed by atoms with Crippen molar-refractivity contribution >= 4 is 5.69 Å². The first-order valence-corrected chi connectivity index (χ1v) is 6.26. The van der Waals surface area contributed by atoms with Gasteiger partial charge in [0.2, 0.25) is 6.79 Å². The van der Waals surface area contributed by atoms with E-state index in [-0.39, 0.29) is 6.10 Å². The van der Waals surface area contributed by atoms with Crippen LogP contribution in [-0.4, -0.2) is 46.2 Å². The molecule has 98 valence electrons. The number of likely N-dealkylation sites (N-methyl/N-ethyl adjacent to an activating group) is 1. The number of nitrogens with zero attached hydrogens (tertiary/aromatic N) is 1. The monoisotopic (exact) mass is 250 g/mol. The van der Waals surface area contributed by atoms with Gasteiger partial charge in [-0.1, -0.05) is 0 Å². The first kappa shape index (κ1) is 11.6. The maximum absolute atomic E-state index is 5.70. The van der Waals surface area contributed by atoms with Crippen molar-refractivity contribution < 1.29 is 14.2 Å². The van der Waals surface area contributed by atoms with Gasteiger partial charge in [0.25, 0.3) is 0 Å². The van der Waals surface area contributed by atoms with Crippen molar-refractivity contribution in [2.24, 2.45) is 0 Å². The minimum Gasteiger partial charge on any atom is -0.454 e. The quantitative estimate of drug-likeness (QED) is 0.861. The molecule has 0 radical (unpaired) electrons. The molecule has 0 aliphatic carbocycles. The lowest BCUT2D eigenvalue weighted by atomic mass is 10.2. The summed E-state index contributed by atoms with van der Waals surface area (Å²) in [6.45, 7) is 3.84. The zero-order valence-corrected chi connectivity index (χ0v) is 10.5. The van der Waals surface area contributed by atoms with Crippen LogP contribution in [0, 0.1) is 0 Å². The largest absolute Gasteiger partial charge is 0.454 e. The van der Waals surface area contributed by atoms with Gasteiger partial charge in [-0.25, -0.2) is 0 Å². The van der Waals surface area contributed by atoms with Gasteiger partial charge in [-0.15, -0.1) is 0 Å². The Hall–Kier alpha value is -1.46. The molecule has 1 aromatic rings. The topological polar surface area (TPSA) is 43.0 Å². The van der Waals surface area contributed by atoms with E-state index in [1.54, 1.807) is 0 Å². The van der Waals surface area contributed by atoms with Crippen LogP contribution in [0.1, 0.15) is 0 Å². The first-order chi connectivity index (χ1) is 8.83. The maximum atomic E-state index is 5.70. The molecule has 1 N–H and O–H groups in total. The third-order valence-corrected chi connectivity index (χ3v) is 3.28. The predicted octanol–water partition coefficient (Wildman–Crippen LogP) is 0.840. The zero-order valence-electron chi connectivity index (χ0n) is 10.5. The van der Waals surface area contributed by atoms with Gasteiger partial charge in [-0.3, -0.25) is 0 Å². The summed E-state index contributed by atoms with van der Waals surface area (Å²) in [6, 6.07) is 6.01. The van der Waals surface area contributed by atoms with Crippen LogP contribution in [0.2, 0.25) is 0 Å². The summed E-state index contributed by atoms with van der Waals surface area (Å²) in [4.78, 5) is 2.18. The maximum Gasteiger partial charge on any atom is 0.231 e. The van der Waals surface area contributed by atoms with E-state index in [0.717, 1.165) is 43.4 Å². The van der Waals surface area contributed by atoms with Gasteiger partial charge in [-0.2, -0.15) is 0 Å². The molecule has 0 aromatic heterocycles. The van der Waals surface area contributed by atoms with Crippen LogP contribution in [0.5, 0.6) is 11.5 Å². The van der Waals surface area contributed by atoms with Gasteiger partial charge in [0, 0.05) is 38.4 Å². The fourth-order valence-electron chi connectivity index (χ4n) is 2.27. The number of fused-ring (bicyclic) bond motifs is 1. The van der Waals surface area contributed by atoms with Crippen molar-refractivity contribution in [3.8, 4) is 11.5 Å². The number of morpholine rings is 1. The summed E-state index contributed by atoms with van der Waals surface area (Å²) >= 11 is 0. The standard InChI is InChI=1S/C13H18N2O3/c1-15(8-11-7-14-4-5-16-11)10-2-3-12-13(6-10)18-9-17-12/h2-3,6,11,14H,4-5,7-9H2,1H3. The first-order valence-electron chi connectivity index (χ1n) is 6.26. The molecule has 1 atom stereocenters. The van der Waals surface area contributed by atoms with Crippen molar-refractivity contribution in [3.63, 3.8) is 0 Å². The number of benzene rings is 1. The normalized spacial score (nSPS) is 21.9. The fourth-order valence-corrected chi connectivity index (χ4v) is 2.27. The lowest BCUT2D eigenvalue weighted by Crippen LogP contribution is -2.44. The highest BCUT2D eigenvalue weighted by Gasteiger charge is 2.18. The van der Waals surface area contributed by atoms with Gasteiger partial charge in [0.15, 0.2) is 11.5 Å². The summed E-state index contributed by atoms with van der Waals surface area (Å²) in [6.07, 6.45) is 0.245. The highest BCUT2D eigenvalue weighted by molar-refractivity contribution is 5.56. The van der Waals surface area contributed by atoms with E-state index >= 15 is 0 Å². The molecule has 3 rings (SSSR count). The average Bonchev–Trinajstić information content (AvgIpc) is 2.87. The highest BCUT2D eigenvalue weighted by Crippen LogP contribution is 2.35. The summed E-state index contributed by atoms with van der Waals surface area (Å²) in [5.74, 6) is 1.64. The van der Waals surface area contributed by atoms with Gasteiger partial charge in [-0.05, 0) is 12.1 Å². The van der Waals surface area contributed by atoms with Gasteiger partial charge in [0.05, 0.1) is 12.7 Å². The minimum absolute atomic E-state index is 0.245. The van der Waals surface area contributed by atoms with E-state index in [1.807, 2.05) is 18.2 Å². The lowest BCUT2D eigenvalue weighted by Gasteiger charge is -2.29. The van der Waals surface area contributed by atoms with E-state index in [1.165, 1.54) is 0 Å². The molecule has 2 aliphatic rings. The number of hydrogen-bond donors (Lipinski definition) is 1. The summed E-state index contributed by atoms with van der Waals surface area (Å²) in [5.41, 5.74) is 1.12. The third kappa shape index (κ3) is 2.37. The van der Waals surface area contributed by atoms with Gasteiger partial charge < -0.3 is 24.4 Å². The van der Waals surface area contributed by atoms with Gasteiger partial charge >= 0.3 is 0 Å². The van der Waals surface area contributed by atoms with Crippen molar-refractivity contribution in [1.82, 2.24) is 5.32 Å². The molecule has 2 heterocycles. The summed E-state index contributed by atoms with van der Waals surface area (Å²) < 4.78 is 16.4. The predicted molar refractivity (Wildman–Crippen MR) is 68.4 cm³/mol. The Bertz CT molecular complexity index is 419. The Morgan fingerprint density at radius 3 is 3.06 bits per heavy atom. The van der Waals surface area contributed by atoms with Crippen LogP contribution >= 0.6 is 0 Å². The van der Waals surface area contributed by atoms with E-state index in [2.05, 4.69) is 17.3 Å². The Morgan fingerprint density at radius 1 is 1.33 bits per heavy atom. The van der Waals surface area contributed by atoms with E-state index in [0.29, 0.717) is 6.79 Å². The molecular formula is C13H18N2O3. The zero-order chi connectivity index (χ0) is 12.4. The van der Waals surface area contributed by atoms with Crippen LogP contribution in [0.3, 0.4) is 0 Å². The third-order valence-electron chi connectivity index (χ3n) is 3.28. The number of anilines is 1. The average molecular weight is 250 g/mol.